The van der Waals surface area contributed by atoms with Crippen molar-refractivity contribution in [3.63, 3.8) is 0 Å². The summed E-state index contributed by atoms with van der Waals surface area (Å²) in [6.45, 7) is 0.505. The van der Waals surface area contributed by atoms with Crippen LogP contribution in [0.4, 0.5) is 0 Å². The summed E-state index contributed by atoms with van der Waals surface area (Å²) < 4.78 is 5.22. The normalized spacial score (nSPS) is 10.8. The van der Waals surface area contributed by atoms with Crippen LogP contribution in [-0.4, -0.2) is 24.9 Å². The Morgan fingerprint density at radius 2 is 1.88 bits per heavy atom. The summed E-state index contributed by atoms with van der Waals surface area (Å²) in [6.07, 6.45) is 4.26. The molecule has 0 aliphatic heterocycles. The molecule has 3 rings (SSSR count). The largest absolute Gasteiger partial charge is 0.497 e. The fourth-order valence-electron chi connectivity index (χ4n) is 2.50. The molecular weight excluding hydrogens is 312 g/mol. The number of nitrogens with zero attached hydrogens (tertiary/aromatic N) is 2. The summed E-state index contributed by atoms with van der Waals surface area (Å²) in [7, 11) is 1.66. The van der Waals surface area contributed by atoms with Crippen molar-refractivity contribution in [3.05, 3.63) is 84.1 Å². The van der Waals surface area contributed by atoms with Crippen molar-refractivity contribution in [3.8, 4) is 17.0 Å². The minimum atomic E-state index is 0.505. The third kappa shape index (κ3) is 4.67. The van der Waals surface area contributed by atoms with Crippen molar-refractivity contribution in [1.82, 2.24) is 4.98 Å². The van der Waals surface area contributed by atoms with Crippen LogP contribution in [0.25, 0.3) is 11.3 Å². The Bertz CT molecular complexity index is 832. The van der Waals surface area contributed by atoms with Crippen molar-refractivity contribution in [2.75, 3.05) is 13.7 Å². The van der Waals surface area contributed by atoms with Crippen LogP contribution >= 0.6 is 0 Å². The fraction of sp³-hybridized carbons (Fsp3) is 0.143. The molecule has 0 saturated heterocycles. The first-order valence-electron chi connectivity index (χ1n) is 8.15. The molecule has 4 heteroatoms. The second-order valence-electron chi connectivity index (χ2n) is 5.48. The van der Waals surface area contributed by atoms with E-state index in [1.54, 1.807) is 19.5 Å². The Hall–Kier alpha value is -3.14. The maximum Gasteiger partial charge on any atom is 0.121 e. The van der Waals surface area contributed by atoms with Crippen LogP contribution in [0.5, 0.6) is 5.75 Å². The van der Waals surface area contributed by atoms with E-state index < -0.39 is 0 Å². The molecule has 3 aromatic rings. The van der Waals surface area contributed by atoms with Crippen molar-refractivity contribution >= 4 is 6.21 Å². The van der Waals surface area contributed by atoms with Gasteiger partial charge in [-0.2, -0.15) is 0 Å². The molecule has 0 atom stereocenters. The average Bonchev–Trinajstić information content (AvgIpc) is 2.69. The van der Waals surface area contributed by atoms with Gasteiger partial charge in [-0.05, 0) is 29.8 Å². The Labute approximate surface area is 147 Å². The Morgan fingerprint density at radius 1 is 1.00 bits per heavy atom. The summed E-state index contributed by atoms with van der Waals surface area (Å²) >= 11 is 0. The zero-order valence-electron chi connectivity index (χ0n) is 14.1. The number of oxime groups is 1. The minimum Gasteiger partial charge on any atom is -0.497 e. The minimum absolute atomic E-state index is 0.505. The number of pyridine rings is 1. The van der Waals surface area contributed by atoms with Gasteiger partial charge in [0.2, 0.25) is 0 Å². The van der Waals surface area contributed by atoms with E-state index in [4.69, 9.17) is 9.57 Å². The second kappa shape index (κ2) is 8.64. The van der Waals surface area contributed by atoms with Crippen LogP contribution < -0.4 is 4.74 Å². The maximum atomic E-state index is 5.41. The molecule has 0 amide bonds. The lowest BCUT2D eigenvalue weighted by molar-refractivity contribution is 0.149. The van der Waals surface area contributed by atoms with Crippen molar-refractivity contribution in [2.45, 2.75) is 6.42 Å². The van der Waals surface area contributed by atoms with Crippen LogP contribution in [0.3, 0.4) is 0 Å². The number of aromatic nitrogens is 1. The molecule has 0 bridgehead atoms. The van der Waals surface area contributed by atoms with E-state index >= 15 is 0 Å². The molecule has 0 N–H and O–H groups in total. The van der Waals surface area contributed by atoms with Gasteiger partial charge in [0.15, 0.2) is 0 Å². The lowest BCUT2D eigenvalue weighted by atomic mass is 10.1. The van der Waals surface area contributed by atoms with E-state index in [9.17, 15) is 0 Å². The van der Waals surface area contributed by atoms with Crippen LogP contribution in [0.15, 0.2) is 78.1 Å². The van der Waals surface area contributed by atoms with Gasteiger partial charge in [-0.25, -0.2) is 0 Å². The number of hydrogen-bond donors (Lipinski definition) is 0. The first kappa shape index (κ1) is 16.7. The van der Waals surface area contributed by atoms with Gasteiger partial charge in [-0.15, -0.1) is 0 Å². The molecule has 126 valence electrons. The highest BCUT2D eigenvalue weighted by atomic mass is 16.6. The second-order valence-corrected chi connectivity index (χ2v) is 5.48. The van der Waals surface area contributed by atoms with Crippen LogP contribution in [-0.2, 0) is 11.3 Å². The first-order valence-corrected chi connectivity index (χ1v) is 8.15. The highest BCUT2D eigenvalue weighted by molar-refractivity contribution is 5.88. The highest BCUT2D eigenvalue weighted by Crippen LogP contribution is 2.19. The molecule has 25 heavy (non-hydrogen) atoms. The molecule has 2 aromatic carbocycles. The van der Waals surface area contributed by atoms with Gasteiger partial charge >= 0.3 is 0 Å². The number of rotatable bonds is 7. The summed E-state index contributed by atoms with van der Waals surface area (Å²) in [5, 5.41) is 4.09. The molecule has 0 radical (unpaired) electrons. The quantitative estimate of drug-likeness (QED) is 0.367. The van der Waals surface area contributed by atoms with E-state index in [0.29, 0.717) is 6.61 Å². The Balaban J connectivity index is 1.60. The van der Waals surface area contributed by atoms with E-state index in [0.717, 1.165) is 34.6 Å². The van der Waals surface area contributed by atoms with Gasteiger partial charge in [0, 0.05) is 23.7 Å². The van der Waals surface area contributed by atoms with Crippen molar-refractivity contribution in [1.29, 1.82) is 0 Å². The first-order chi connectivity index (χ1) is 12.4. The average molecular weight is 332 g/mol. The van der Waals surface area contributed by atoms with Gasteiger partial charge < -0.3 is 9.57 Å². The molecule has 0 fully saturated rings. The molecular formula is C21H20N2O2. The van der Waals surface area contributed by atoms with E-state index in [-0.39, 0.29) is 0 Å². The number of benzene rings is 2. The van der Waals surface area contributed by atoms with Crippen molar-refractivity contribution < 1.29 is 9.57 Å². The molecule has 4 nitrogen and oxygen atoms in total. The van der Waals surface area contributed by atoms with Gasteiger partial charge in [0.05, 0.1) is 19.0 Å². The molecule has 1 heterocycles. The zero-order chi connectivity index (χ0) is 17.3. The third-order valence-electron chi connectivity index (χ3n) is 3.77. The van der Waals surface area contributed by atoms with Gasteiger partial charge in [-0.3, -0.25) is 4.98 Å². The monoisotopic (exact) mass is 332 g/mol. The van der Waals surface area contributed by atoms with Crippen molar-refractivity contribution in [2.24, 2.45) is 5.16 Å². The molecule has 0 saturated carbocycles. The summed E-state index contributed by atoms with van der Waals surface area (Å²) in [5.41, 5.74) is 4.03. The van der Waals surface area contributed by atoms with Crippen LogP contribution in [0, 0.1) is 0 Å². The van der Waals surface area contributed by atoms with Gasteiger partial charge in [-0.1, -0.05) is 47.6 Å². The lowest BCUT2D eigenvalue weighted by Gasteiger charge is -2.05. The number of methoxy groups -OCH3 is 1. The summed E-state index contributed by atoms with van der Waals surface area (Å²) in [5.74, 6) is 0.851. The summed E-state index contributed by atoms with van der Waals surface area (Å²) in [4.78, 5) is 9.86. The topological polar surface area (TPSA) is 43.7 Å². The highest BCUT2D eigenvalue weighted by Gasteiger charge is 2.03. The molecule has 1 aromatic heterocycles. The van der Waals surface area contributed by atoms with Gasteiger partial charge in [0.1, 0.15) is 12.4 Å². The summed E-state index contributed by atoms with van der Waals surface area (Å²) in [6, 6.07) is 21.9. The van der Waals surface area contributed by atoms with E-state index in [2.05, 4.69) is 10.1 Å². The molecule has 0 spiro atoms. The Morgan fingerprint density at radius 3 is 2.72 bits per heavy atom. The number of ether oxygens (including phenoxy) is 1. The molecule has 0 aliphatic carbocycles. The predicted octanol–water partition coefficient (Wildman–Crippen LogP) is 4.35. The van der Waals surface area contributed by atoms with E-state index in [1.165, 1.54) is 0 Å². The van der Waals surface area contributed by atoms with Gasteiger partial charge in [0.25, 0.3) is 0 Å². The molecule has 0 unspecified atom stereocenters. The predicted molar refractivity (Wildman–Crippen MR) is 99.9 cm³/mol. The fourth-order valence-corrected chi connectivity index (χ4v) is 2.50. The molecule has 0 aliphatic rings. The third-order valence-corrected chi connectivity index (χ3v) is 3.77. The van der Waals surface area contributed by atoms with Crippen LogP contribution in [0.1, 0.15) is 11.1 Å². The lowest BCUT2D eigenvalue weighted by Crippen LogP contribution is -1.96. The van der Waals surface area contributed by atoms with Crippen LogP contribution in [0.2, 0.25) is 0 Å². The standard InChI is InChI=1S/C21H20N2O2/c1-24-20-11-5-7-17(15-20)12-14-25-23-16-19-10-6-13-22-21(19)18-8-3-2-4-9-18/h2-11,13,15-16H,12,14H2,1H3. The SMILES string of the molecule is COc1cccc(CCON=Cc2cccnc2-c2ccccc2)c1. The smallest absolute Gasteiger partial charge is 0.121 e. The zero-order valence-corrected chi connectivity index (χ0v) is 14.1. The van der Waals surface area contributed by atoms with E-state index in [1.807, 2.05) is 66.7 Å². The number of hydrogen-bond acceptors (Lipinski definition) is 4. The Kier molecular flexibility index (Phi) is 5.77. The maximum absolute atomic E-state index is 5.41.